The molecule has 2 heterocycles. The van der Waals surface area contributed by atoms with E-state index in [0.29, 0.717) is 18.0 Å². The number of anilines is 1. The van der Waals surface area contributed by atoms with Gasteiger partial charge >= 0.3 is 6.18 Å². The second-order valence-electron chi connectivity index (χ2n) is 5.59. The minimum absolute atomic E-state index is 0.0320. The van der Waals surface area contributed by atoms with Gasteiger partial charge in [0, 0.05) is 13.1 Å². The van der Waals surface area contributed by atoms with Crippen LogP contribution in [0.2, 0.25) is 0 Å². The van der Waals surface area contributed by atoms with Crippen LogP contribution in [0.3, 0.4) is 0 Å². The van der Waals surface area contributed by atoms with Gasteiger partial charge in [0.05, 0.1) is 17.2 Å². The van der Waals surface area contributed by atoms with E-state index in [1.54, 1.807) is 24.3 Å². The van der Waals surface area contributed by atoms with Crippen LogP contribution in [0.1, 0.15) is 12.7 Å². The number of sulfonamides is 1. The van der Waals surface area contributed by atoms with E-state index in [9.17, 15) is 21.6 Å². The van der Waals surface area contributed by atoms with Gasteiger partial charge in [-0.15, -0.1) is 11.3 Å². The topological polar surface area (TPSA) is 72.6 Å². The van der Waals surface area contributed by atoms with Crippen molar-refractivity contribution in [3.8, 4) is 16.3 Å². The quantitative estimate of drug-likeness (QED) is 0.567. The Hall–Kier alpha value is -2.53. The third kappa shape index (κ3) is 3.99. The number of thiophene rings is 1. The molecule has 0 fully saturated rings. The molecular formula is C17H15F3N2O4S2. The van der Waals surface area contributed by atoms with Gasteiger partial charge in [-0.1, -0.05) is 5.16 Å². The molecule has 0 saturated carbocycles. The van der Waals surface area contributed by atoms with Gasteiger partial charge in [-0.05, 0) is 43.3 Å². The molecule has 0 atom stereocenters. The molecule has 150 valence electrons. The van der Waals surface area contributed by atoms with Gasteiger partial charge in [0.1, 0.15) is 15.7 Å². The summed E-state index contributed by atoms with van der Waals surface area (Å²) in [5.41, 5.74) is 0.335. The Morgan fingerprint density at radius 3 is 2.43 bits per heavy atom. The van der Waals surface area contributed by atoms with Gasteiger partial charge in [0.15, 0.2) is 0 Å². The molecular weight excluding hydrogens is 417 g/mol. The first-order chi connectivity index (χ1) is 13.1. The van der Waals surface area contributed by atoms with Gasteiger partial charge in [0.2, 0.25) is 5.76 Å². The fraction of sp³-hybridized carbons (Fsp3) is 0.235. The van der Waals surface area contributed by atoms with Crippen LogP contribution in [0.5, 0.6) is 5.75 Å². The van der Waals surface area contributed by atoms with Crippen molar-refractivity contribution in [1.29, 1.82) is 0 Å². The molecule has 1 aromatic carbocycles. The van der Waals surface area contributed by atoms with Gasteiger partial charge in [0.25, 0.3) is 10.0 Å². The Balaban J connectivity index is 1.85. The number of hydrogen-bond donors (Lipinski definition) is 0. The molecule has 0 radical (unpaired) electrons. The number of halogens is 3. The summed E-state index contributed by atoms with van der Waals surface area (Å²) in [6, 6.07) is 9.95. The summed E-state index contributed by atoms with van der Waals surface area (Å²) in [4.78, 5) is 0.248. The fourth-order valence-corrected chi connectivity index (χ4v) is 4.94. The molecule has 2 aromatic heterocycles. The highest BCUT2D eigenvalue weighted by atomic mass is 32.2. The summed E-state index contributed by atoms with van der Waals surface area (Å²) in [5, 5.41) is 3.37. The van der Waals surface area contributed by atoms with E-state index in [4.69, 9.17) is 4.74 Å². The molecule has 3 aromatic rings. The van der Waals surface area contributed by atoms with E-state index in [1.165, 1.54) is 19.2 Å². The normalized spacial score (nSPS) is 12.2. The summed E-state index contributed by atoms with van der Waals surface area (Å²) >= 11 is 0.807. The minimum Gasteiger partial charge on any atom is -0.494 e. The number of nitrogens with zero attached hydrogens (tertiary/aromatic N) is 2. The first-order valence-electron chi connectivity index (χ1n) is 7.99. The molecule has 0 aliphatic carbocycles. The summed E-state index contributed by atoms with van der Waals surface area (Å²) in [5.74, 6) is -0.631. The molecule has 0 saturated heterocycles. The smallest absolute Gasteiger partial charge is 0.452 e. The second kappa shape index (κ2) is 7.47. The van der Waals surface area contributed by atoms with E-state index in [2.05, 4.69) is 9.68 Å². The van der Waals surface area contributed by atoms with Crippen LogP contribution in [-0.2, 0) is 16.2 Å². The number of alkyl halides is 3. The summed E-state index contributed by atoms with van der Waals surface area (Å²) in [6.07, 6.45) is -4.66. The number of hydrogen-bond acceptors (Lipinski definition) is 6. The summed E-state index contributed by atoms with van der Waals surface area (Å²) in [7, 11) is -2.50. The van der Waals surface area contributed by atoms with Crippen molar-refractivity contribution in [3.63, 3.8) is 0 Å². The van der Waals surface area contributed by atoms with Crippen LogP contribution in [0.25, 0.3) is 10.6 Å². The van der Waals surface area contributed by atoms with E-state index in [0.717, 1.165) is 21.7 Å². The molecule has 0 aliphatic rings. The molecule has 3 rings (SSSR count). The maximum atomic E-state index is 12.8. The second-order valence-corrected chi connectivity index (χ2v) is 8.87. The monoisotopic (exact) mass is 432 g/mol. The molecule has 11 heteroatoms. The largest absolute Gasteiger partial charge is 0.494 e. The standard InChI is InChI=1S/C17H15F3N2O4S2/c1-3-25-12-6-4-11(5-7-12)22(2)28(23,24)16-9-8-14(27-16)13-10-15(26-21-13)17(18,19)20/h4-10H,3H2,1-2H3. The average molecular weight is 432 g/mol. The highest BCUT2D eigenvalue weighted by molar-refractivity contribution is 7.94. The van der Waals surface area contributed by atoms with Crippen LogP contribution in [-0.4, -0.2) is 27.2 Å². The maximum Gasteiger partial charge on any atom is 0.452 e. The van der Waals surface area contributed by atoms with E-state index in [1.807, 2.05) is 6.92 Å². The third-order valence-electron chi connectivity index (χ3n) is 3.75. The molecule has 0 N–H and O–H groups in total. The maximum absolute atomic E-state index is 12.8. The zero-order chi connectivity index (χ0) is 20.5. The van der Waals surface area contributed by atoms with Crippen molar-refractivity contribution in [2.75, 3.05) is 18.0 Å². The molecule has 0 unspecified atom stereocenters. The fourth-order valence-electron chi connectivity index (χ4n) is 2.31. The Bertz CT molecular complexity index is 1060. The molecule has 0 spiro atoms. The van der Waals surface area contributed by atoms with Gasteiger partial charge in [-0.3, -0.25) is 4.31 Å². The van der Waals surface area contributed by atoms with Crippen molar-refractivity contribution in [3.05, 3.63) is 48.2 Å². The summed E-state index contributed by atoms with van der Waals surface area (Å²) in [6.45, 7) is 2.33. The number of ether oxygens (including phenoxy) is 1. The number of rotatable bonds is 6. The van der Waals surface area contributed by atoms with Crippen LogP contribution in [0.15, 0.2) is 51.2 Å². The molecule has 0 aliphatic heterocycles. The Kier molecular flexibility index (Phi) is 5.39. The predicted molar refractivity (Wildman–Crippen MR) is 98.0 cm³/mol. The van der Waals surface area contributed by atoms with Crippen molar-refractivity contribution in [1.82, 2.24) is 5.16 Å². The van der Waals surface area contributed by atoms with Crippen LogP contribution < -0.4 is 9.04 Å². The Morgan fingerprint density at radius 1 is 1.18 bits per heavy atom. The molecule has 0 bridgehead atoms. The third-order valence-corrected chi connectivity index (χ3v) is 7.11. The zero-order valence-electron chi connectivity index (χ0n) is 14.7. The minimum atomic E-state index is -4.66. The SMILES string of the molecule is CCOc1ccc(N(C)S(=O)(=O)c2ccc(-c3cc(C(F)(F)F)on3)s2)cc1. The lowest BCUT2D eigenvalue weighted by atomic mass is 10.3. The zero-order valence-corrected chi connectivity index (χ0v) is 16.4. The Morgan fingerprint density at radius 2 is 1.86 bits per heavy atom. The highest BCUT2D eigenvalue weighted by Gasteiger charge is 2.36. The Labute approximate surface area is 163 Å². The predicted octanol–water partition coefficient (Wildman–Crippen LogP) is 4.65. The molecule has 28 heavy (non-hydrogen) atoms. The van der Waals surface area contributed by atoms with Gasteiger partial charge in [-0.2, -0.15) is 13.2 Å². The van der Waals surface area contributed by atoms with Crippen LogP contribution in [0, 0.1) is 0 Å². The van der Waals surface area contributed by atoms with Crippen molar-refractivity contribution < 1.29 is 30.8 Å². The van der Waals surface area contributed by atoms with Crippen molar-refractivity contribution in [2.24, 2.45) is 0 Å². The van der Waals surface area contributed by atoms with Crippen molar-refractivity contribution >= 4 is 27.0 Å². The lowest BCUT2D eigenvalue weighted by Crippen LogP contribution is -2.25. The van der Waals surface area contributed by atoms with E-state index in [-0.39, 0.29) is 14.8 Å². The van der Waals surface area contributed by atoms with E-state index < -0.39 is 22.0 Å². The number of benzene rings is 1. The van der Waals surface area contributed by atoms with Gasteiger partial charge < -0.3 is 9.26 Å². The van der Waals surface area contributed by atoms with Crippen molar-refractivity contribution in [2.45, 2.75) is 17.3 Å². The van der Waals surface area contributed by atoms with Crippen LogP contribution in [0.4, 0.5) is 18.9 Å². The van der Waals surface area contributed by atoms with Gasteiger partial charge in [-0.25, -0.2) is 8.42 Å². The molecule has 6 nitrogen and oxygen atoms in total. The number of aromatic nitrogens is 1. The molecule has 0 amide bonds. The first kappa shape index (κ1) is 20.2. The lowest BCUT2D eigenvalue weighted by molar-refractivity contribution is -0.155. The summed E-state index contributed by atoms with van der Waals surface area (Å²) < 4.78 is 74.3. The van der Waals surface area contributed by atoms with Crippen LogP contribution >= 0.6 is 11.3 Å². The average Bonchev–Trinajstić information content (AvgIpc) is 3.31. The lowest BCUT2D eigenvalue weighted by Gasteiger charge is -2.18. The highest BCUT2D eigenvalue weighted by Crippen LogP contribution is 2.36. The van der Waals surface area contributed by atoms with E-state index >= 15 is 0 Å². The first-order valence-corrected chi connectivity index (χ1v) is 10.2.